The number of aliphatic hydroxyl groups excluding tert-OH is 1. The fraction of sp³-hybridized carbons (Fsp3) is 0.585. The van der Waals surface area contributed by atoms with E-state index in [-0.39, 0.29) is 46.5 Å². The van der Waals surface area contributed by atoms with Gasteiger partial charge in [-0.3, -0.25) is 4.79 Å². The van der Waals surface area contributed by atoms with Gasteiger partial charge >= 0.3 is 5.97 Å². The first kappa shape index (κ1) is 42.8. The third-order valence-corrected chi connectivity index (χ3v) is 19.9. The average molecular weight is 711 g/mol. The Morgan fingerprint density at radius 1 is 0.816 bits per heavy atom. The minimum atomic E-state index is -2.74. The summed E-state index contributed by atoms with van der Waals surface area (Å²) in [6.07, 6.45) is 5.99. The van der Waals surface area contributed by atoms with Crippen molar-refractivity contribution in [2.75, 3.05) is 26.9 Å². The molecule has 0 bridgehead atoms. The Labute approximate surface area is 300 Å². The molecule has 0 saturated heterocycles. The number of esters is 1. The fourth-order valence-corrected chi connectivity index (χ4v) is 11.8. The molecule has 2 rings (SSSR count). The molecule has 0 heterocycles. The molecule has 2 aromatic rings. The maximum atomic E-state index is 11.9. The lowest BCUT2D eigenvalue weighted by Crippen LogP contribution is -2.67. The smallest absolute Gasteiger partial charge is 0.302 e. The minimum absolute atomic E-state index is 0.0704. The van der Waals surface area contributed by atoms with Crippen LogP contribution in [0.4, 0.5) is 0 Å². The minimum Gasteiger partial charge on any atom is -0.466 e. The number of rotatable bonds is 18. The lowest BCUT2D eigenvalue weighted by molar-refractivity contribution is -0.143. The van der Waals surface area contributed by atoms with E-state index < -0.39 is 22.7 Å². The van der Waals surface area contributed by atoms with Crippen molar-refractivity contribution < 1.29 is 28.2 Å². The molecular weight excluding hydrogens is 645 g/mol. The van der Waals surface area contributed by atoms with Gasteiger partial charge in [-0.25, -0.2) is 0 Å². The van der Waals surface area contributed by atoms with Crippen LogP contribution >= 0.6 is 0 Å². The summed E-state index contributed by atoms with van der Waals surface area (Å²) in [5.74, 6) is -0.682. The second-order valence-electron chi connectivity index (χ2n) is 16.3. The van der Waals surface area contributed by atoms with Gasteiger partial charge in [-0.2, -0.15) is 0 Å². The highest BCUT2D eigenvalue weighted by molar-refractivity contribution is 6.99. The van der Waals surface area contributed by atoms with Crippen molar-refractivity contribution in [2.24, 2.45) is 17.8 Å². The van der Waals surface area contributed by atoms with Gasteiger partial charge in [0.05, 0.1) is 25.4 Å². The van der Waals surface area contributed by atoms with E-state index in [0.29, 0.717) is 19.6 Å². The van der Waals surface area contributed by atoms with Gasteiger partial charge in [-0.15, -0.1) is 0 Å². The van der Waals surface area contributed by atoms with Crippen molar-refractivity contribution in [3.63, 3.8) is 0 Å². The van der Waals surface area contributed by atoms with Crippen LogP contribution in [0.25, 0.3) is 0 Å². The normalized spacial score (nSPS) is 16.7. The third kappa shape index (κ3) is 12.1. The van der Waals surface area contributed by atoms with Crippen LogP contribution in [0.2, 0.25) is 23.2 Å². The highest BCUT2D eigenvalue weighted by Crippen LogP contribution is 2.38. The van der Waals surface area contributed by atoms with Crippen molar-refractivity contribution >= 4 is 33.0 Å². The maximum absolute atomic E-state index is 11.9. The van der Waals surface area contributed by atoms with E-state index in [4.69, 9.17) is 18.3 Å². The third-order valence-electron chi connectivity index (χ3n) is 10.4. The van der Waals surface area contributed by atoms with Crippen LogP contribution in [0.1, 0.15) is 75.7 Å². The number of hydrogen-bond donors (Lipinski definition) is 1. The summed E-state index contributed by atoms with van der Waals surface area (Å²) in [7, 11) is -2.92. The fourth-order valence-electron chi connectivity index (χ4n) is 6.07. The Hall–Kier alpha value is -2.34. The Morgan fingerprint density at radius 3 is 1.80 bits per heavy atom. The van der Waals surface area contributed by atoms with E-state index >= 15 is 0 Å². The second kappa shape index (κ2) is 18.8. The molecule has 274 valence electrons. The van der Waals surface area contributed by atoms with Gasteiger partial charge in [-0.1, -0.05) is 140 Å². The zero-order valence-corrected chi connectivity index (χ0v) is 34.7. The standard InChI is InChI=1S/C41H66O6Si2/c1-31(21-20-22-36(44-11)30-46-48(12,13)40(5,6)7)27-35(29-45-34(4)42)33(3)39(43)32(2)28-47-49(41(8,9)10,37-23-16-14-17-24-37)38-25-18-15-19-26-38/h14-26,32-33,35-36,39,43H,27-30H2,1-13H3/b22-20+,31-21-/t32-,33+,35-,36-,39-/m1/s1. The Morgan fingerprint density at radius 2 is 1.35 bits per heavy atom. The Kier molecular flexibility index (Phi) is 16.4. The summed E-state index contributed by atoms with van der Waals surface area (Å²) in [6.45, 7) is 26.8. The van der Waals surface area contributed by atoms with Gasteiger partial charge in [0.15, 0.2) is 8.32 Å². The second-order valence-corrected chi connectivity index (χ2v) is 25.4. The van der Waals surface area contributed by atoms with E-state index in [1.165, 1.54) is 17.3 Å². The molecule has 0 aromatic heterocycles. The van der Waals surface area contributed by atoms with Crippen molar-refractivity contribution in [3.05, 3.63) is 84.5 Å². The SMILES string of the molecule is CO[C@H](/C=C/C=C(/C)C[C@H](COC(C)=O)[C@H](C)[C@H](O)[C@H](C)CO[Si](c1ccccc1)(c1ccccc1)C(C)(C)C)CO[Si](C)(C)C(C)(C)C. The van der Waals surface area contributed by atoms with Gasteiger partial charge in [-0.05, 0) is 52.8 Å². The van der Waals surface area contributed by atoms with Crippen LogP contribution in [0, 0.1) is 17.8 Å². The number of methoxy groups -OCH3 is 1. The number of hydrogen-bond acceptors (Lipinski definition) is 6. The summed E-state index contributed by atoms with van der Waals surface area (Å²) >= 11 is 0. The molecule has 0 amide bonds. The van der Waals surface area contributed by atoms with Crippen molar-refractivity contribution in [1.29, 1.82) is 0 Å². The Bertz CT molecular complexity index is 1290. The molecule has 0 saturated carbocycles. The lowest BCUT2D eigenvalue weighted by atomic mass is 9.81. The predicted octanol–water partition coefficient (Wildman–Crippen LogP) is 8.30. The van der Waals surface area contributed by atoms with Crippen molar-refractivity contribution in [1.82, 2.24) is 0 Å². The predicted molar refractivity (Wildman–Crippen MR) is 209 cm³/mol. The van der Waals surface area contributed by atoms with Crippen molar-refractivity contribution in [3.8, 4) is 0 Å². The summed E-state index contributed by atoms with van der Waals surface area (Å²) in [5.41, 5.74) is 1.13. The number of allylic oxidation sites excluding steroid dienone is 3. The molecule has 0 aliphatic carbocycles. The quantitative estimate of drug-likeness (QED) is 0.0954. The molecule has 1 N–H and O–H groups in total. The molecule has 0 radical (unpaired) electrons. The number of carbonyl (C=O) groups is 1. The molecule has 6 nitrogen and oxygen atoms in total. The van der Waals surface area contributed by atoms with E-state index in [1.807, 2.05) is 24.3 Å². The molecule has 49 heavy (non-hydrogen) atoms. The van der Waals surface area contributed by atoms with E-state index in [2.05, 4.69) is 130 Å². The van der Waals surface area contributed by atoms with Gasteiger partial charge in [0.2, 0.25) is 0 Å². The molecule has 5 atom stereocenters. The number of aliphatic hydroxyl groups is 1. The zero-order valence-electron chi connectivity index (χ0n) is 32.7. The summed E-state index contributed by atoms with van der Waals surface area (Å²) in [6, 6.07) is 21.1. The Balaban J connectivity index is 2.24. The number of carbonyl (C=O) groups excluding carboxylic acids is 1. The molecule has 0 spiro atoms. The molecule has 2 aromatic carbocycles. The molecular formula is C41H66O6Si2. The monoisotopic (exact) mass is 710 g/mol. The molecule has 0 aliphatic rings. The molecule has 0 unspecified atom stereocenters. The van der Waals surface area contributed by atoms with Crippen LogP contribution in [0.15, 0.2) is 84.5 Å². The summed E-state index contributed by atoms with van der Waals surface area (Å²) in [5, 5.41) is 14.2. The van der Waals surface area contributed by atoms with Crippen LogP contribution < -0.4 is 10.4 Å². The summed E-state index contributed by atoms with van der Waals surface area (Å²) < 4.78 is 24.7. The van der Waals surface area contributed by atoms with Crippen LogP contribution in [0.5, 0.6) is 0 Å². The summed E-state index contributed by atoms with van der Waals surface area (Å²) in [4.78, 5) is 11.9. The molecule has 0 fully saturated rings. The maximum Gasteiger partial charge on any atom is 0.302 e. The zero-order chi connectivity index (χ0) is 37.0. The van der Waals surface area contributed by atoms with Crippen LogP contribution in [-0.4, -0.2) is 66.8 Å². The average Bonchev–Trinajstić information content (AvgIpc) is 3.03. The first-order valence-electron chi connectivity index (χ1n) is 17.8. The van der Waals surface area contributed by atoms with E-state index in [1.54, 1.807) is 7.11 Å². The number of ether oxygens (including phenoxy) is 2. The van der Waals surface area contributed by atoms with Gasteiger partial charge in [0.1, 0.15) is 0 Å². The molecule has 0 aliphatic heterocycles. The first-order chi connectivity index (χ1) is 22.8. The van der Waals surface area contributed by atoms with E-state index in [0.717, 1.165) is 5.57 Å². The van der Waals surface area contributed by atoms with Crippen molar-refractivity contribution in [2.45, 2.75) is 111 Å². The highest BCUT2D eigenvalue weighted by atomic mass is 28.4. The highest BCUT2D eigenvalue weighted by Gasteiger charge is 2.50. The first-order valence-corrected chi connectivity index (χ1v) is 22.7. The van der Waals surface area contributed by atoms with Crippen LogP contribution in [0.3, 0.4) is 0 Å². The van der Waals surface area contributed by atoms with Gasteiger partial charge < -0.3 is 23.4 Å². The lowest BCUT2D eigenvalue weighted by Gasteiger charge is -2.44. The van der Waals surface area contributed by atoms with Gasteiger partial charge in [0.25, 0.3) is 8.32 Å². The van der Waals surface area contributed by atoms with Crippen LogP contribution in [-0.2, 0) is 23.1 Å². The largest absolute Gasteiger partial charge is 0.466 e. The van der Waals surface area contributed by atoms with E-state index in [9.17, 15) is 9.90 Å². The molecule has 8 heteroatoms. The number of benzene rings is 2. The topological polar surface area (TPSA) is 74.2 Å². The van der Waals surface area contributed by atoms with Gasteiger partial charge in [0, 0.05) is 32.5 Å².